The monoisotopic (exact) mass is 166 g/mol. The Labute approximate surface area is 72.8 Å². The highest BCUT2D eigenvalue weighted by Crippen LogP contribution is 2.40. The average molecular weight is 166 g/mol. The van der Waals surface area contributed by atoms with Crippen LogP contribution in [0, 0.1) is 23.2 Å². The van der Waals surface area contributed by atoms with Crippen LogP contribution in [0.1, 0.15) is 26.7 Å². The number of rotatable bonds is 3. The van der Waals surface area contributed by atoms with Crippen molar-refractivity contribution in [3.8, 4) is 6.07 Å². The molecule has 1 aliphatic carbocycles. The molecule has 1 N–H and O–H groups in total. The predicted octanol–water partition coefficient (Wildman–Crippen LogP) is 1.06. The first-order chi connectivity index (χ1) is 5.63. The third-order valence-corrected chi connectivity index (χ3v) is 2.29. The van der Waals surface area contributed by atoms with Crippen LogP contribution in [0.25, 0.3) is 0 Å². The Bertz CT molecular complexity index is 219. The maximum Gasteiger partial charge on any atom is 0.221 e. The fourth-order valence-electron chi connectivity index (χ4n) is 1.25. The number of hydrogen-bond acceptors (Lipinski definition) is 2. The summed E-state index contributed by atoms with van der Waals surface area (Å²) in [7, 11) is 0. The summed E-state index contributed by atoms with van der Waals surface area (Å²) in [5, 5.41) is 11.0. The van der Waals surface area contributed by atoms with Gasteiger partial charge in [-0.05, 0) is 25.2 Å². The minimum atomic E-state index is -0.355. The summed E-state index contributed by atoms with van der Waals surface area (Å²) in [6, 6.07) is 1.61. The van der Waals surface area contributed by atoms with Crippen LogP contribution in [0.5, 0.6) is 0 Å². The van der Waals surface area contributed by atoms with Crippen LogP contribution >= 0.6 is 0 Å². The lowest BCUT2D eigenvalue weighted by atomic mass is 10.2. The Morgan fingerprint density at radius 2 is 2.42 bits per heavy atom. The van der Waals surface area contributed by atoms with Crippen LogP contribution in [-0.4, -0.2) is 11.9 Å². The lowest BCUT2D eigenvalue weighted by Crippen LogP contribution is -2.31. The van der Waals surface area contributed by atoms with Gasteiger partial charge in [-0.3, -0.25) is 4.79 Å². The highest BCUT2D eigenvalue weighted by Gasteiger charge is 2.34. The van der Waals surface area contributed by atoms with Gasteiger partial charge in [0.1, 0.15) is 6.04 Å². The van der Waals surface area contributed by atoms with Crippen molar-refractivity contribution in [2.45, 2.75) is 32.7 Å². The number of amides is 1. The van der Waals surface area contributed by atoms with Gasteiger partial charge in [0.05, 0.1) is 6.07 Å². The molecule has 0 saturated heterocycles. The van der Waals surface area contributed by atoms with Gasteiger partial charge in [-0.1, -0.05) is 6.92 Å². The molecule has 1 amide bonds. The van der Waals surface area contributed by atoms with Crippen molar-refractivity contribution in [1.82, 2.24) is 5.32 Å². The first-order valence-corrected chi connectivity index (χ1v) is 4.32. The highest BCUT2D eigenvalue weighted by molar-refractivity contribution is 5.77. The van der Waals surface area contributed by atoms with Gasteiger partial charge < -0.3 is 5.32 Å². The van der Waals surface area contributed by atoms with E-state index in [2.05, 4.69) is 12.2 Å². The number of hydrogen-bond donors (Lipinski definition) is 1. The minimum Gasteiger partial charge on any atom is -0.341 e. The summed E-state index contributed by atoms with van der Waals surface area (Å²) in [5.74, 6) is 1.28. The molecule has 3 atom stereocenters. The van der Waals surface area contributed by atoms with Crippen LogP contribution in [0.2, 0.25) is 0 Å². The van der Waals surface area contributed by atoms with E-state index >= 15 is 0 Å². The number of carbonyl (C=O) groups is 1. The lowest BCUT2D eigenvalue weighted by Gasteiger charge is -2.04. The van der Waals surface area contributed by atoms with E-state index in [9.17, 15) is 4.79 Å². The van der Waals surface area contributed by atoms with E-state index in [4.69, 9.17) is 5.26 Å². The zero-order chi connectivity index (χ0) is 9.14. The van der Waals surface area contributed by atoms with Gasteiger partial charge in [-0.15, -0.1) is 0 Å². The molecule has 3 nitrogen and oxygen atoms in total. The van der Waals surface area contributed by atoms with E-state index in [1.54, 1.807) is 6.92 Å². The van der Waals surface area contributed by atoms with Crippen molar-refractivity contribution in [1.29, 1.82) is 5.26 Å². The zero-order valence-corrected chi connectivity index (χ0v) is 7.50. The smallest absolute Gasteiger partial charge is 0.221 e. The quantitative estimate of drug-likeness (QED) is 0.681. The third-order valence-electron chi connectivity index (χ3n) is 2.29. The standard InChI is InChI=1S/C9H14N2O/c1-6-3-8(6)4-9(12)11-7(2)5-10/h6-8H,3-4H2,1-2H3,(H,11,12)/t6?,7-,8?/m1/s1. The third kappa shape index (κ3) is 2.54. The predicted molar refractivity (Wildman–Crippen MR) is 45.1 cm³/mol. The molecule has 1 rings (SSSR count). The van der Waals surface area contributed by atoms with Crippen LogP contribution in [0.4, 0.5) is 0 Å². The van der Waals surface area contributed by atoms with Gasteiger partial charge in [0, 0.05) is 6.42 Å². The minimum absolute atomic E-state index is 0.0124. The molecule has 2 unspecified atom stereocenters. The Morgan fingerprint density at radius 1 is 1.83 bits per heavy atom. The molecule has 12 heavy (non-hydrogen) atoms. The highest BCUT2D eigenvalue weighted by atomic mass is 16.1. The SMILES string of the molecule is CC1CC1CC(=O)N[C@H](C)C#N. The second kappa shape index (κ2) is 3.57. The van der Waals surface area contributed by atoms with E-state index in [0.29, 0.717) is 18.3 Å². The zero-order valence-electron chi connectivity index (χ0n) is 7.50. The molecule has 0 spiro atoms. The molecule has 3 heteroatoms. The van der Waals surface area contributed by atoms with Crippen molar-refractivity contribution in [2.75, 3.05) is 0 Å². The van der Waals surface area contributed by atoms with Crippen molar-refractivity contribution in [3.05, 3.63) is 0 Å². The summed E-state index contributed by atoms with van der Waals surface area (Å²) < 4.78 is 0. The number of carbonyl (C=O) groups excluding carboxylic acids is 1. The number of nitrogens with zero attached hydrogens (tertiary/aromatic N) is 1. The van der Waals surface area contributed by atoms with E-state index in [1.807, 2.05) is 6.07 Å². The molecular formula is C9H14N2O. The fourth-order valence-corrected chi connectivity index (χ4v) is 1.25. The first-order valence-electron chi connectivity index (χ1n) is 4.32. The first kappa shape index (κ1) is 9.05. The molecule has 1 aliphatic rings. The maximum atomic E-state index is 11.1. The Kier molecular flexibility index (Phi) is 2.69. The fraction of sp³-hybridized carbons (Fsp3) is 0.778. The van der Waals surface area contributed by atoms with E-state index in [-0.39, 0.29) is 11.9 Å². The normalized spacial score (nSPS) is 28.8. The second-order valence-corrected chi connectivity index (χ2v) is 3.60. The summed E-state index contributed by atoms with van der Waals surface area (Å²) in [4.78, 5) is 11.1. The molecular weight excluding hydrogens is 152 g/mol. The van der Waals surface area contributed by atoms with Crippen LogP contribution in [0.15, 0.2) is 0 Å². The molecule has 0 aromatic heterocycles. The summed E-state index contributed by atoms with van der Waals surface area (Å²) in [6.07, 6.45) is 1.75. The van der Waals surface area contributed by atoms with Crippen molar-refractivity contribution < 1.29 is 4.79 Å². The van der Waals surface area contributed by atoms with Gasteiger partial charge in [0.2, 0.25) is 5.91 Å². The molecule has 0 aliphatic heterocycles. The van der Waals surface area contributed by atoms with Gasteiger partial charge >= 0.3 is 0 Å². The Morgan fingerprint density at radius 3 is 2.83 bits per heavy atom. The lowest BCUT2D eigenvalue weighted by molar-refractivity contribution is -0.121. The maximum absolute atomic E-state index is 11.1. The molecule has 0 heterocycles. The Hall–Kier alpha value is -1.04. The summed E-state index contributed by atoms with van der Waals surface area (Å²) in [6.45, 7) is 3.83. The molecule has 1 fully saturated rings. The van der Waals surface area contributed by atoms with Gasteiger partial charge in [-0.25, -0.2) is 0 Å². The van der Waals surface area contributed by atoms with Crippen molar-refractivity contribution in [2.24, 2.45) is 11.8 Å². The molecule has 1 saturated carbocycles. The Balaban J connectivity index is 2.17. The van der Waals surface area contributed by atoms with Crippen LogP contribution < -0.4 is 5.32 Å². The van der Waals surface area contributed by atoms with Crippen molar-refractivity contribution in [3.63, 3.8) is 0 Å². The molecule has 0 bridgehead atoms. The molecule has 0 radical (unpaired) electrons. The van der Waals surface area contributed by atoms with Crippen LogP contribution in [0.3, 0.4) is 0 Å². The largest absolute Gasteiger partial charge is 0.341 e. The number of nitrogens with one attached hydrogen (secondary N) is 1. The van der Waals surface area contributed by atoms with E-state index in [0.717, 1.165) is 6.42 Å². The van der Waals surface area contributed by atoms with Crippen LogP contribution in [-0.2, 0) is 4.79 Å². The molecule has 0 aromatic carbocycles. The summed E-state index contributed by atoms with van der Waals surface area (Å²) in [5.41, 5.74) is 0. The summed E-state index contributed by atoms with van der Waals surface area (Å²) >= 11 is 0. The second-order valence-electron chi connectivity index (χ2n) is 3.60. The topological polar surface area (TPSA) is 52.9 Å². The van der Waals surface area contributed by atoms with Gasteiger partial charge in [0.25, 0.3) is 0 Å². The molecule has 0 aromatic rings. The van der Waals surface area contributed by atoms with Gasteiger partial charge in [-0.2, -0.15) is 5.26 Å². The van der Waals surface area contributed by atoms with Gasteiger partial charge in [0.15, 0.2) is 0 Å². The molecule has 66 valence electrons. The van der Waals surface area contributed by atoms with E-state index in [1.165, 1.54) is 0 Å². The van der Waals surface area contributed by atoms with E-state index < -0.39 is 0 Å². The van der Waals surface area contributed by atoms with Crippen molar-refractivity contribution >= 4 is 5.91 Å². The number of nitriles is 1. The average Bonchev–Trinajstić information content (AvgIpc) is 2.66.